The summed E-state index contributed by atoms with van der Waals surface area (Å²) in [4.78, 5) is 5.30. The summed E-state index contributed by atoms with van der Waals surface area (Å²) in [7, 11) is 0. The zero-order valence-electron chi connectivity index (χ0n) is 9.46. The van der Waals surface area contributed by atoms with Crippen LogP contribution >= 0.6 is 11.3 Å². The van der Waals surface area contributed by atoms with E-state index in [4.69, 9.17) is 4.74 Å². The molecule has 4 heteroatoms. The number of hydrogen-bond donors (Lipinski definition) is 1. The molecule has 0 spiro atoms. The molecule has 3 nitrogen and oxygen atoms in total. The second-order valence-electron chi connectivity index (χ2n) is 4.18. The lowest BCUT2D eigenvalue weighted by molar-refractivity contribution is 0.203. The van der Waals surface area contributed by atoms with E-state index in [9.17, 15) is 5.11 Å². The van der Waals surface area contributed by atoms with E-state index in [1.165, 1.54) is 5.56 Å². The lowest BCUT2D eigenvalue weighted by Crippen LogP contribution is -2.01. The van der Waals surface area contributed by atoms with Crippen LogP contribution < -0.4 is 4.74 Å². The van der Waals surface area contributed by atoms with Gasteiger partial charge in [0.2, 0.25) is 0 Å². The summed E-state index contributed by atoms with van der Waals surface area (Å²) in [5.74, 6) is 1.16. The van der Waals surface area contributed by atoms with Crippen molar-refractivity contribution in [2.24, 2.45) is 0 Å². The zero-order chi connectivity index (χ0) is 11.8. The van der Waals surface area contributed by atoms with Crippen LogP contribution in [0.2, 0.25) is 0 Å². The van der Waals surface area contributed by atoms with E-state index in [0.717, 1.165) is 15.6 Å². The van der Waals surface area contributed by atoms with Gasteiger partial charge in [0.15, 0.2) is 0 Å². The fourth-order valence-electron chi connectivity index (χ4n) is 2.02. The molecule has 1 aromatic heterocycles. The summed E-state index contributed by atoms with van der Waals surface area (Å²) < 4.78 is 5.64. The number of ether oxygens (including phenoxy) is 1. The molecule has 2 atom stereocenters. The van der Waals surface area contributed by atoms with Crippen LogP contribution in [0, 0.1) is 0 Å². The Bertz CT molecular complexity index is 536. The SMILES string of the molecule is CC(O)c1cnc(C2COc3ccccc32)s1. The predicted molar refractivity (Wildman–Crippen MR) is 66.5 cm³/mol. The van der Waals surface area contributed by atoms with Gasteiger partial charge in [-0.25, -0.2) is 4.98 Å². The molecule has 1 aliphatic rings. The van der Waals surface area contributed by atoms with Gasteiger partial charge in [-0.1, -0.05) is 18.2 Å². The third-order valence-electron chi connectivity index (χ3n) is 2.95. The standard InChI is InChI=1S/C13H13NO2S/c1-8(15)12-6-14-13(17-12)10-7-16-11-5-3-2-4-9(10)11/h2-6,8,10,15H,7H2,1H3. The average molecular weight is 247 g/mol. The van der Waals surface area contributed by atoms with Crippen LogP contribution in [0.25, 0.3) is 0 Å². The number of hydrogen-bond acceptors (Lipinski definition) is 4. The van der Waals surface area contributed by atoms with Crippen LogP contribution in [-0.4, -0.2) is 16.7 Å². The maximum Gasteiger partial charge on any atom is 0.123 e. The minimum Gasteiger partial charge on any atom is -0.492 e. The van der Waals surface area contributed by atoms with Crippen LogP contribution in [0.15, 0.2) is 30.5 Å². The zero-order valence-corrected chi connectivity index (χ0v) is 10.3. The first kappa shape index (κ1) is 10.7. The molecule has 0 bridgehead atoms. The third kappa shape index (κ3) is 1.83. The summed E-state index contributed by atoms with van der Waals surface area (Å²) in [6.45, 7) is 2.41. The molecule has 0 amide bonds. The lowest BCUT2D eigenvalue weighted by atomic mass is 10.0. The highest BCUT2D eigenvalue weighted by atomic mass is 32.1. The van der Waals surface area contributed by atoms with Crippen molar-refractivity contribution in [3.8, 4) is 5.75 Å². The summed E-state index contributed by atoms with van der Waals surface area (Å²) in [6.07, 6.45) is 1.31. The average Bonchev–Trinajstić information content (AvgIpc) is 2.95. The van der Waals surface area contributed by atoms with Crippen molar-refractivity contribution in [3.05, 3.63) is 45.9 Å². The Morgan fingerprint density at radius 2 is 2.29 bits per heavy atom. The smallest absolute Gasteiger partial charge is 0.123 e. The molecular formula is C13H13NO2S. The van der Waals surface area contributed by atoms with Gasteiger partial charge in [-0.2, -0.15) is 0 Å². The van der Waals surface area contributed by atoms with Crippen LogP contribution in [-0.2, 0) is 0 Å². The van der Waals surface area contributed by atoms with E-state index in [2.05, 4.69) is 11.1 Å². The quantitative estimate of drug-likeness (QED) is 0.887. The van der Waals surface area contributed by atoms with Crippen LogP contribution in [0.3, 0.4) is 0 Å². The molecule has 0 saturated heterocycles. The van der Waals surface area contributed by atoms with Gasteiger partial charge in [0.05, 0.1) is 16.9 Å². The van der Waals surface area contributed by atoms with E-state index in [-0.39, 0.29) is 5.92 Å². The number of thiazole rings is 1. The summed E-state index contributed by atoms with van der Waals surface area (Å²) in [6, 6.07) is 8.06. The van der Waals surface area contributed by atoms with Gasteiger partial charge >= 0.3 is 0 Å². The summed E-state index contributed by atoms with van der Waals surface area (Å²) in [5, 5.41) is 10.5. The molecule has 2 heterocycles. The number of fused-ring (bicyclic) bond motifs is 1. The molecule has 0 fully saturated rings. The number of aliphatic hydroxyl groups excluding tert-OH is 1. The second-order valence-corrected chi connectivity index (χ2v) is 5.27. The number of benzene rings is 1. The minimum atomic E-state index is -0.446. The molecule has 0 radical (unpaired) electrons. The minimum absolute atomic E-state index is 0.212. The first-order valence-electron chi connectivity index (χ1n) is 5.61. The molecule has 2 unspecified atom stereocenters. The molecule has 1 N–H and O–H groups in total. The Balaban J connectivity index is 1.95. The first-order chi connectivity index (χ1) is 8.25. The second kappa shape index (κ2) is 4.13. The van der Waals surface area contributed by atoms with Gasteiger partial charge in [0.1, 0.15) is 17.4 Å². The Labute approximate surface area is 104 Å². The number of aromatic nitrogens is 1. The molecular weight excluding hydrogens is 234 g/mol. The third-order valence-corrected chi connectivity index (χ3v) is 4.23. The van der Waals surface area contributed by atoms with Crippen molar-refractivity contribution in [3.63, 3.8) is 0 Å². The molecule has 88 valence electrons. The van der Waals surface area contributed by atoms with Crippen molar-refractivity contribution in [2.75, 3.05) is 6.61 Å². The maximum absolute atomic E-state index is 9.51. The monoisotopic (exact) mass is 247 g/mol. The Morgan fingerprint density at radius 1 is 1.47 bits per heavy atom. The molecule has 0 aliphatic carbocycles. The topological polar surface area (TPSA) is 42.4 Å². The Morgan fingerprint density at radius 3 is 3.06 bits per heavy atom. The molecule has 3 rings (SSSR count). The van der Waals surface area contributed by atoms with Crippen molar-refractivity contribution >= 4 is 11.3 Å². The van der Waals surface area contributed by atoms with Gasteiger partial charge < -0.3 is 9.84 Å². The van der Waals surface area contributed by atoms with Crippen molar-refractivity contribution in [1.29, 1.82) is 0 Å². The molecule has 0 saturated carbocycles. The molecule has 17 heavy (non-hydrogen) atoms. The number of nitrogens with zero attached hydrogens (tertiary/aromatic N) is 1. The van der Waals surface area contributed by atoms with E-state index in [1.54, 1.807) is 24.5 Å². The fourth-order valence-corrected chi connectivity index (χ4v) is 2.98. The van der Waals surface area contributed by atoms with Gasteiger partial charge in [-0.05, 0) is 13.0 Å². The summed E-state index contributed by atoms with van der Waals surface area (Å²) >= 11 is 1.56. The van der Waals surface area contributed by atoms with Gasteiger partial charge in [0, 0.05) is 11.8 Å². The van der Waals surface area contributed by atoms with E-state index in [0.29, 0.717) is 6.61 Å². The van der Waals surface area contributed by atoms with Crippen molar-refractivity contribution < 1.29 is 9.84 Å². The fraction of sp³-hybridized carbons (Fsp3) is 0.308. The Hall–Kier alpha value is -1.39. The normalized spacial score (nSPS) is 19.8. The Kier molecular flexibility index (Phi) is 2.61. The highest BCUT2D eigenvalue weighted by molar-refractivity contribution is 7.11. The van der Waals surface area contributed by atoms with E-state index >= 15 is 0 Å². The van der Waals surface area contributed by atoms with Crippen molar-refractivity contribution in [2.45, 2.75) is 18.9 Å². The predicted octanol–water partition coefficient (Wildman–Crippen LogP) is 2.72. The van der Waals surface area contributed by atoms with Crippen LogP contribution in [0.5, 0.6) is 5.75 Å². The number of para-hydroxylation sites is 1. The van der Waals surface area contributed by atoms with E-state index < -0.39 is 6.10 Å². The maximum atomic E-state index is 9.51. The molecule has 1 aliphatic heterocycles. The largest absolute Gasteiger partial charge is 0.492 e. The number of aliphatic hydroxyl groups is 1. The first-order valence-corrected chi connectivity index (χ1v) is 6.43. The molecule has 2 aromatic rings. The molecule has 1 aromatic carbocycles. The van der Waals surface area contributed by atoms with Crippen LogP contribution in [0.1, 0.15) is 34.4 Å². The highest BCUT2D eigenvalue weighted by Gasteiger charge is 2.27. The van der Waals surface area contributed by atoms with Gasteiger partial charge in [0.25, 0.3) is 0 Å². The van der Waals surface area contributed by atoms with Crippen LogP contribution in [0.4, 0.5) is 0 Å². The number of rotatable bonds is 2. The lowest BCUT2D eigenvalue weighted by Gasteiger charge is -2.04. The van der Waals surface area contributed by atoms with E-state index in [1.807, 2.05) is 18.2 Å². The van der Waals surface area contributed by atoms with Gasteiger partial charge in [-0.3, -0.25) is 0 Å². The highest BCUT2D eigenvalue weighted by Crippen LogP contribution is 2.39. The van der Waals surface area contributed by atoms with Gasteiger partial charge in [-0.15, -0.1) is 11.3 Å². The summed E-state index contributed by atoms with van der Waals surface area (Å²) in [5.41, 5.74) is 1.19. The van der Waals surface area contributed by atoms with Crippen molar-refractivity contribution in [1.82, 2.24) is 4.98 Å².